The van der Waals surface area contributed by atoms with Gasteiger partial charge in [0.05, 0.1) is 4.75 Å². The Morgan fingerprint density at radius 2 is 1.33 bits per heavy atom. The monoisotopic (exact) mass is 428 g/mol. The minimum Gasteiger partial charge on any atom is -0.300 e. The SMILES string of the molecule is CC(C)(CCCC(=O)CCCC(=O)CCCC(C)(C)S(=O)(=O)O)SOOO. The predicted molar refractivity (Wildman–Crippen MR) is 104 cm³/mol. The van der Waals surface area contributed by atoms with Gasteiger partial charge in [0.25, 0.3) is 10.1 Å². The molecule has 0 heterocycles. The van der Waals surface area contributed by atoms with Crippen molar-refractivity contribution in [1.82, 2.24) is 0 Å². The maximum Gasteiger partial charge on any atom is 0.270 e. The van der Waals surface area contributed by atoms with Crippen LogP contribution in [-0.4, -0.2) is 39.3 Å². The van der Waals surface area contributed by atoms with E-state index in [1.807, 2.05) is 13.8 Å². The lowest BCUT2D eigenvalue weighted by Crippen LogP contribution is -2.31. The van der Waals surface area contributed by atoms with Crippen LogP contribution in [0.4, 0.5) is 0 Å². The number of carbonyl (C=O) groups excluding carboxylic acids is 2. The molecular formula is C17H32O8S2. The molecule has 0 saturated heterocycles. The highest BCUT2D eigenvalue weighted by Crippen LogP contribution is 2.30. The number of ketones is 2. The molecule has 0 aromatic rings. The topological polar surface area (TPSA) is 127 Å². The summed E-state index contributed by atoms with van der Waals surface area (Å²) in [5, 5.41) is 11.7. The van der Waals surface area contributed by atoms with Crippen LogP contribution in [-0.2, 0) is 29.1 Å². The highest BCUT2D eigenvalue weighted by atomic mass is 32.2. The van der Waals surface area contributed by atoms with E-state index < -0.39 is 14.9 Å². The number of hydrogen-bond donors (Lipinski definition) is 2. The molecule has 0 aliphatic rings. The molecule has 0 bridgehead atoms. The van der Waals surface area contributed by atoms with E-state index in [0.29, 0.717) is 44.9 Å². The number of carbonyl (C=O) groups is 2. The molecule has 8 nitrogen and oxygen atoms in total. The molecule has 27 heavy (non-hydrogen) atoms. The Bertz CT molecular complexity index is 569. The molecule has 0 aromatic carbocycles. The molecule has 0 saturated carbocycles. The second-order valence-corrected chi connectivity index (χ2v) is 11.3. The lowest BCUT2D eigenvalue weighted by Gasteiger charge is -2.20. The van der Waals surface area contributed by atoms with Crippen LogP contribution in [0.1, 0.15) is 85.5 Å². The van der Waals surface area contributed by atoms with Crippen molar-refractivity contribution in [2.45, 2.75) is 95.0 Å². The Labute approximate surface area is 166 Å². The molecule has 0 spiro atoms. The number of hydrogen-bond acceptors (Lipinski definition) is 8. The zero-order valence-electron chi connectivity index (χ0n) is 16.5. The first-order valence-electron chi connectivity index (χ1n) is 8.97. The van der Waals surface area contributed by atoms with Crippen LogP contribution in [0, 0.1) is 0 Å². The summed E-state index contributed by atoms with van der Waals surface area (Å²) in [5.74, 6) is 0.0862. The highest BCUT2D eigenvalue weighted by Gasteiger charge is 2.31. The Balaban J connectivity index is 3.90. The van der Waals surface area contributed by atoms with E-state index in [1.54, 1.807) is 0 Å². The van der Waals surface area contributed by atoms with Crippen LogP contribution in [0.25, 0.3) is 0 Å². The summed E-state index contributed by atoms with van der Waals surface area (Å²) in [6, 6.07) is 0. The van der Waals surface area contributed by atoms with Crippen molar-refractivity contribution in [3.05, 3.63) is 0 Å². The van der Waals surface area contributed by atoms with E-state index in [9.17, 15) is 18.0 Å². The van der Waals surface area contributed by atoms with Gasteiger partial charge in [-0.05, 0) is 59.8 Å². The van der Waals surface area contributed by atoms with Crippen molar-refractivity contribution >= 4 is 33.7 Å². The smallest absolute Gasteiger partial charge is 0.270 e. The summed E-state index contributed by atoms with van der Waals surface area (Å²) in [4.78, 5) is 23.7. The normalized spacial score (nSPS) is 13.0. The van der Waals surface area contributed by atoms with Crippen molar-refractivity contribution in [2.75, 3.05) is 0 Å². The molecule has 0 atom stereocenters. The quantitative estimate of drug-likeness (QED) is 0.161. The van der Waals surface area contributed by atoms with Crippen molar-refractivity contribution < 1.29 is 37.2 Å². The summed E-state index contributed by atoms with van der Waals surface area (Å²) in [7, 11) is -4.14. The molecule has 0 rings (SSSR count). The van der Waals surface area contributed by atoms with Crippen molar-refractivity contribution in [2.24, 2.45) is 0 Å². The van der Waals surface area contributed by atoms with Crippen LogP contribution in [0.15, 0.2) is 0 Å². The van der Waals surface area contributed by atoms with E-state index in [4.69, 9.17) is 9.81 Å². The average Bonchev–Trinajstić information content (AvgIpc) is 2.51. The van der Waals surface area contributed by atoms with Gasteiger partial charge in [-0.15, -0.1) is 4.33 Å². The van der Waals surface area contributed by atoms with Gasteiger partial charge in [-0.25, -0.2) is 5.26 Å². The van der Waals surface area contributed by atoms with Crippen molar-refractivity contribution in [3.8, 4) is 0 Å². The lowest BCUT2D eigenvalue weighted by atomic mass is 9.99. The third-order valence-corrected chi connectivity index (χ3v) is 6.75. The fourth-order valence-electron chi connectivity index (χ4n) is 2.43. The first-order chi connectivity index (χ1) is 12.3. The fourth-order valence-corrected chi connectivity index (χ4v) is 3.28. The van der Waals surface area contributed by atoms with Gasteiger partial charge in [0.15, 0.2) is 0 Å². The van der Waals surface area contributed by atoms with E-state index in [1.165, 1.54) is 13.8 Å². The predicted octanol–water partition coefficient (Wildman–Crippen LogP) is 4.15. The second-order valence-electron chi connectivity index (χ2n) is 7.86. The maximum absolute atomic E-state index is 11.9. The minimum atomic E-state index is -4.14. The first kappa shape index (κ1) is 26.5. The molecule has 0 aliphatic heterocycles. The fraction of sp³-hybridized carbons (Fsp3) is 0.882. The zero-order valence-corrected chi connectivity index (χ0v) is 18.2. The van der Waals surface area contributed by atoms with Gasteiger partial charge in [0.1, 0.15) is 11.6 Å². The van der Waals surface area contributed by atoms with Crippen LogP contribution in [0.2, 0.25) is 0 Å². The summed E-state index contributed by atoms with van der Waals surface area (Å²) in [6.45, 7) is 6.66. The highest BCUT2D eigenvalue weighted by molar-refractivity contribution is 7.95. The van der Waals surface area contributed by atoms with Gasteiger partial charge < -0.3 is 0 Å². The number of Topliss-reactive ketones (excluding diaryl/α,β-unsaturated/α-hetero) is 2. The Hall–Kier alpha value is -0.520. The minimum absolute atomic E-state index is 0.00683. The van der Waals surface area contributed by atoms with Crippen molar-refractivity contribution in [3.63, 3.8) is 0 Å². The van der Waals surface area contributed by atoms with Crippen LogP contribution in [0.5, 0.6) is 0 Å². The Morgan fingerprint density at radius 1 is 0.889 bits per heavy atom. The van der Waals surface area contributed by atoms with Crippen molar-refractivity contribution in [1.29, 1.82) is 0 Å². The Kier molecular flexibility index (Phi) is 11.9. The van der Waals surface area contributed by atoms with E-state index >= 15 is 0 Å². The maximum atomic E-state index is 11.9. The van der Waals surface area contributed by atoms with E-state index in [-0.39, 0.29) is 29.2 Å². The molecule has 0 unspecified atom stereocenters. The van der Waals surface area contributed by atoms with Crippen LogP contribution in [0.3, 0.4) is 0 Å². The third-order valence-electron chi connectivity index (χ3n) is 4.37. The number of rotatable bonds is 16. The Morgan fingerprint density at radius 3 is 1.78 bits per heavy atom. The molecule has 0 aliphatic carbocycles. The molecule has 0 aromatic heterocycles. The summed E-state index contributed by atoms with van der Waals surface area (Å²) in [5.41, 5.74) is 0. The molecule has 0 fully saturated rings. The van der Waals surface area contributed by atoms with Gasteiger partial charge in [0, 0.05) is 42.5 Å². The van der Waals surface area contributed by atoms with Gasteiger partial charge >= 0.3 is 0 Å². The summed E-state index contributed by atoms with van der Waals surface area (Å²) < 4.78 is 34.3. The summed E-state index contributed by atoms with van der Waals surface area (Å²) in [6.07, 6.45) is 3.74. The molecule has 160 valence electrons. The lowest BCUT2D eigenvalue weighted by molar-refractivity contribution is -0.432. The molecule has 2 N–H and O–H groups in total. The standard InChI is InChI=1S/C17H32O8S2/c1-16(2,26-25-24-20)12-6-10-14(18)8-5-9-15(19)11-7-13-17(3,4)27(21,22)23/h20H,5-13H2,1-4H3,(H,21,22,23). The van der Waals surface area contributed by atoms with Crippen LogP contribution < -0.4 is 0 Å². The molecule has 0 radical (unpaired) electrons. The van der Waals surface area contributed by atoms with Gasteiger partial charge in [-0.1, -0.05) is 5.04 Å². The summed E-state index contributed by atoms with van der Waals surface area (Å²) >= 11 is 0.981. The van der Waals surface area contributed by atoms with Gasteiger partial charge in [-0.2, -0.15) is 8.42 Å². The van der Waals surface area contributed by atoms with Gasteiger partial charge in [-0.3, -0.25) is 14.1 Å². The largest absolute Gasteiger partial charge is 0.300 e. The molecule has 0 amide bonds. The average molecular weight is 429 g/mol. The molecule has 10 heteroatoms. The van der Waals surface area contributed by atoms with Crippen LogP contribution >= 0.6 is 12.0 Å². The van der Waals surface area contributed by atoms with E-state index in [0.717, 1.165) is 12.0 Å². The van der Waals surface area contributed by atoms with Gasteiger partial charge in [0.2, 0.25) is 0 Å². The zero-order chi connectivity index (χ0) is 21.1. The third kappa shape index (κ3) is 12.5. The second kappa shape index (κ2) is 12.1. The first-order valence-corrected chi connectivity index (χ1v) is 11.2. The van der Waals surface area contributed by atoms with E-state index in [2.05, 4.69) is 9.37 Å². The molecular weight excluding hydrogens is 396 g/mol.